The molecule has 0 aliphatic heterocycles. The molecule has 0 amide bonds. The summed E-state index contributed by atoms with van der Waals surface area (Å²) < 4.78 is 44.6. The number of carbonyl (C=O) groups excluding carboxylic acids is 1. The number of hydrogen-bond donors (Lipinski definition) is 2. The van der Waals surface area contributed by atoms with E-state index in [0.717, 1.165) is 0 Å². The monoisotopic (exact) mass is 377 g/mol. The van der Waals surface area contributed by atoms with Crippen molar-refractivity contribution in [2.75, 3.05) is 6.61 Å². The third kappa shape index (κ3) is 3.77. The Labute approximate surface area is 127 Å². The number of nitrogens with two attached hydrogens (primary N) is 1. The smallest absolute Gasteiger partial charge is 0.342 e. The maximum atomic E-state index is 13.7. The molecule has 0 aromatic heterocycles. The second kappa shape index (κ2) is 7.70. The molecular weight excluding hydrogens is 366 g/mol. The number of esters is 1. The van der Waals surface area contributed by atoms with Gasteiger partial charge in [0.05, 0.1) is 22.7 Å². The molecule has 1 aromatic carbocycles. The molecule has 4 nitrogen and oxygen atoms in total. The van der Waals surface area contributed by atoms with Crippen molar-refractivity contribution in [3.8, 4) is 5.75 Å². The average Bonchev–Trinajstić information content (AvgIpc) is 2.36. The van der Waals surface area contributed by atoms with E-state index in [0.29, 0.717) is 6.07 Å². The summed E-state index contributed by atoms with van der Waals surface area (Å²) in [5.41, 5.74) is 4.52. The van der Waals surface area contributed by atoms with Crippen molar-refractivity contribution in [1.29, 1.82) is 0 Å². The Hall–Kier alpha value is -0.990. The minimum Gasteiger partial charge on any atom is -0.506 e. The first-order chi connectivity index (χ1) is 8.81. The van der Waals surface area contributed by atoms with Crippen LogP contribution in [0, 0.1) is 11.6 Å². The topological polar surface area (TPSA) is 72.5 Å². The number of carbonyl (C=O) groups is 1. The first kappa shape index (κ1) is 19.0. The van der Waals surface area contributed by atoms with Gasteiger partial charge in [-0.3, -0.25) is 0 Å². The van der Waals surface area contributed by atoms with Gasteiger partial charge in [-0.1, -0.05) is 0 Å². The maximum absolute atomic E-state index is 13.7. The summed E-state index contributed by atoms with van der Waals surface area (Å²) in [6.07, 6.45) is -2.42. The number of halogens is 5. The van der Waals surface area contributed by atoms with Gasteiger partial charge in [-0.2, -0.15) is 0 Å². The fraction of sp³-hybridized carbons (Fsp3) is 0.364. The van der Waals surface area contributed by atoms with E-state index in [1.54, 1.807) is 0 Å². The number of alkyl halides is 1. The predicted octanol–water partition coefficient (Wildman–Crippen LogP) is 2.76. The van der Waals surface area contributed by atoms with E-state index < -0.39 is 41.1 Å². The number of phenols is 1. The third-order valence-corrected chi connectivity index (χ3v) is 2.95. The highest BCUT2D eigenvalue weighted by Crippen LogP contribution is 2.36. The second-order valence-electron chi connectivity index (χ2n) is 3.60. The van der Waals surface area contributed by atoms with Crippen LogP contribution in [0.3, 0.4) is 0 Å². The molecule has 1 aromatic rings. The van der Waals surface area contributed by atoms with Crippen LogP contribution >= 0.6 is 28.3 Å². The van der Waals surface area contributed by atoms with Gasteiger partial charge >= 0.3 is 5.97 Å². The van der Waals surface area contributed by atoms with E-state index in [9.17, 15) is 23.1 Å². The number of hydrogen-bond acceptors (Lipinski definition) is 4. The minimum atomic E-state index is -2.42. The Morgan fingerprint density at radius 1 is 1.55 bits per heavy atom. The summed E-state index contributed by atoms with van der Waals surface area (Å²) in [6.45, 7) is 1.36. The van der Waals surface area contributed by atoms with Gasteiger partial charge in [0.2, 0.25) is 6.17 Å². The molecule has 3 N–H and O–H groups in total. The van der Waals surface area contributed by atoms with Crippen LogP contribution < -0.4 is 5.73 Å². The average molecular weight is 379 g/mol. The van der Waals surface area contributed by atoms with Gasteiger partial charge in [0.1, 0.15) is 5.75 Å². The third-order valence-electron chi connectivity index (χ3n) is 2.34. The molecule has 0 bridgehead atoms. The summed E-state index contributed by atoms with van der Waals surface area (Å²) >= 11 is 2.77. The Balaban J connectivity index is 0.00000361. The Bertz CT molecular complexity index is 478. The van der Waals surface area contributed by atoms with Gasteiger partial charge in [-0.15, -0.1) is 12.4 Å². The molecular formula is C11H12BrClF3NO3. The summed E-state index contributed by atoms with van der Waals surface area (Å²) in [5, 5.41) is 9.58. The molecule has 9 heteroatoms. The zero-order valence-corrected chi connectivity index (χ0v) is 12.6. The molecule has 0 aliphatic rings. The highest BCUT2D eigenvalue weighted by atomic mass is 79.9. The van der Waals surface area contributed by atoms with Crippen LogP contribution in [0.15, 0.2) is 10.5 Å². The fourth-order valence-electron chi connectivity index (χ4n) is 1.42. The molecule has 0 spiro atoms. The van der Waals surface area contributed by atoms with E-state index in [2.05, 4.69) is 20.7 Å². The molecule has 0 radical (unpaired) electrons. The highest BCUT2D eigenvalue weighted by molar-refractivity contribution is 9.10. The van der Waals surface area contributed by atoms with Crippen molar-refractivity contribution < 1.29 is 27.8 Å². The summed E-state index contributed by atoms with van der Waals surface area (Å²) in [6, 6.07) is -1.22. The quantitative estimate of drug-likeness (QED) is 0.624. The van der Waals surface area contributed by atoms with Gasteiger partial charge in [-0.05, 0) is 28.9 Å². The van der Waals surface area contributed by atoms with Gasteiger partial charge in [0, 0.05) is 0 Å². The van der Waals surface area contributed by atoms with E-state index in [-0.39, 0.29) is 23.5 Å². The molecule has 20 heavy (non-hydrogen) atoms. The Morgan fingerprint density at radius 2 is 2.10 bits per heavy atom. The number of phenolic OH excluding ortho intramolecular Hbond substituents is 1. The second-order valence-corrected chi connectivity index (χ2v) is 4.45. The van der Waals surface area contributed by atoms with E-state index in [1.165, 1.54) is 6.92 Å². The molecule has 2 atom stereocenters. The summed E-state index contributed by atoms with van der Waals surface area (Å²) in [5.74, 6) is -4.92. The highest BCUT2D eigenvalue weighted by Gasteiger charge is 2.33. The Kier molecular flexibility index (Phi) is 7.32. The van der Waals surface area contributed by atoms with Crippen molar-refractivity contribution >= 4 is 34.3 Å². The lowest BCUT2D eigenvalue weighted by Gasteiger charge is -2.18. The molecule has 114 valence electrons. The van der Waals surface area contributed by atoms with Crippen molar-refractivity contribution in [3.63, 3.8) is 0 Å². The first-order valence-corrected chi connectivity index (χ1v) is 6.03. The minimum absolute atomic E-state index is 0. The molecule has 0 saturated carbocycles. The van der Waals surface area contributed by atoms with Crippen LogP contribution in [0.4, 0.5) is 13.2 Å². The maximum Gasteiger partial charge on any atom is 0.342 e. The van der Waals surface area contributed by atoms with Crippen LogP contribution in [-0.2, 0) is 9.53 Å². The lowest BCUT2D eigenvalue weighted by atomic mass is 10.0. The van der Waals surface area contributed by atoms with E-state index >= 15 is 0 Å². The van der Waals surface area contributed by atoms with Crippen molar-refractivity contribution in [2.24, 2.45) is 5.73 Å². The molecule has 1 unspecified atom stereocenters. The van der Waals surface area contributed by atoms with Crippen LogP contribution in [0.5, 0.6) is 5.75 Å². The number of aromatic hydroxyl groups is 1. The normalized spacial score (nSPS) is 13.3. The van der Waals surface area contributed by atoms with Crippen molar-refractivity contribution in [2.45, 2.75) is 19.1 Å². The van der Waals surface area contributed by atoms with Crippen LogP contribution in [0.2, 0.25) is 0 Å². The van der Waals surface area contributed by atoms with Crippen LogP contribution in [0.25, 0.3) is 0 Å². The van der Waals surface area contributed by atoms with Crippen LogP contribution in [-0.4, -0.2) is 23.9 Å². The molecule has 0 saturated heterocycles. The number of ether oxygens (including phenoxy) is 1. The SMILES string of the molecule is CCOC(=O)C(F)[C@@H](N)c1c(O)c(Br)cc(F)c1F.Cl. The van der Waals surface area contributed by atoms with Crippen LogP contribution in [0.1, 0.15) is 18.5 Å². The number of rotatable bonds is 4. The van der Waals surface area contributed by atoms with E-state index in [1.807, 2.05) is 0 Å². The lowest BCUT2D eigenvalue weighted by molar-refractivity contribution is -0.150. The molecule has 0 fully saturated rings. The number of benzene rings is 1. The largest absolute Gasteiger partial charge is 0.506 e. The van der Waals surface area contributed by atoms with Crippen molar-refractivity contribution in [1.82, 2.24) is 0 Å². The van der Waals surface area contributed by atoms with E-state index in [4.69, 9.17) is 5.73 Å². The van der Waals surface area contributed by atoms with Gasteiger partial charge < -0.3 is 15.6 Å². The molecule has 0 heterocycles. The standard InChI is InChI=1S/C11H11BrF3NO3.ClH/c1-2-19-11(18)8(15)9(16)6-7(14)5(13)3-4(12)10(6)17;/h3,8-9,17H,2,16H2,1H3;1H/t8?,9-;/m0./s1. The van der Waals surface area contributed by atoms with Gasteiger partial charge in [0.15, 0.2) is 11.6 Å². The molecule has 1 rings (SSSR count). The van der Waals surface area contributed by atoms with Gasteiger partial charge in [0.25, 0.3) is 0 Å². The Morgan fingerprint density at radius 3 is 2.60 bits per heavy atom. The zero-order valence-electron chi connectivity index (χ0n) is 10.2. The van der Waals surface area contributed by atoms with Crippen molar-refractivity contribution in [3.05, 3.63) is 27.7 Å². The predicted molar refractivity (Wildman–Crippen MR) is 71.4 cm³/mol. The first-order valence-electron chi connectivity index (χ1n) is 5.23. The fourth-order valence-corrected chi connectivity index (χ4v) is 1.84. The summed E-state index contributed by atoms with van der Waals surface area (Å²) in [4.78, 5) is 11.2. The zero-order chi connectivity index (χ0) is 14.7. The van der Waals surface area contributed by atoms with Gasteiger partial charge in [-0.25, -0.2) is 18.0 Å². The lowest BCUT2D eigenvalue weighted by Crippen LogP contribution is -2.32. The summed E-state index contributed by atoms with van der Waals surface area (Å²) in [7, 11) is 0. The molecule has 0 aliphatic carbocycles.